The summed E-state index contributed by atoms with van der Waals surface area (Å²) < 4.78 is 40.0. The highest BCUT2D eigenvalue weighted by Crippen LogP contribution is 2.50. The predicted octanol–water partition coefficient (Wildman–Crippen LogP) is 5.38. The van der Waals surface area contributed by atoms with Crippen LogP contribution in [0, 0.1) is 5.82 Å². The molecule has 6 heterocycles. The second kappa shape index (κ2) is 11.0. The molecule has 2 aromatic carbocycles. The topological polar surface area (TPSA) is 121 Å². The predicted molar refractivity (Wildman–Crippen MR) is 162 cm³/mol. The van der Waals surface area contributed by atoms with E-state index in [1.807, 2.05) is 18.2 Å². The van der Waals surface area contributed by atoms with Gasteiger partial charge in [0.2, 0.25) is 0 Å². The van der Waals surface area contributed by atoms with Crippen LogP contribution in [0.5, 0.6) is 11.5 Å². The first-order valence-electron chi connectivity index (χ1n) is 15.0. The zero-order chi connectivity index (χ0) is 30.7. The quantitative estimate of drug-likeness (QED) is 0.252. The number of nitrogens with one attached hydrogen (secondary N) is 1. The van der Waals surface area contributed by atoms with Crippen LogP contribution in [0.15, 0.2) is 58.0 Å². The SMILES string of the molecule is C[C@]1(c2ccc(Cl)cc2F)Oc2cccc(C3CCN(Cc4nc5cc(-c6noc(=O)[nH]6)cnc5n4C[C@@H]4CCO4)CC3)c2O1. The normalized spacial score (nSPS) is 21.8. The monoisotopic (exact) mass is 632 g/mol. The first-order chi connectivity index (χ1) is 21.8. The van der Waals surface area contributed by atoms with E-state index in [0.717, 1.165) is 61.5 Å². The summed E-state index contributed by atoms with van der Waals surface area (Å²) in [5.41, 5.74) is 3.49. The number of benzene rings is 2. The molecular formula is C32H30ClFN6O5. The van der Waals surface area contributed by atoms with Gasteiger partial charge in [0, 0.05) is 35.9 Å². The molecule has 2 saturated heterocycles. The minimum absolute atomic E-state index is 0.134. The average molecular weight is 633 g/mol. The number of piperidine rings is 1. The molecule has 45 heavy (non-hydrogen) atoms. The molecule has 0 unspecified atom stereocenters. The zero-order valence-corrected chi connectivity index (χ0v) is 25.2. The van der Waals surface area contributed by atoms with Crippen molar-refractivity contribution in [3.8, 4) is 22.9 Å². The maximum absolute atomic E-state index is 14.8. The second-order valence-corrected chi connectivity index (χ2v) is 12.4. The number of pyridine rings is 1. The summed E-state index contributed by atoms with van der Waals surface area (Å²) in [5, 5.41) is 4.11. The van der Waals surface area contributed by atoms with Gasteiger partial charge in [-0.2, -0.15) is 0 Å². The number of para-hydroxylation sites is 1. The van der Waals surface area contributed by atoms with Gasteiger partial charge in [-0.3, -0.25) is 14.4 Å². The molecule has 13 heteroatoms. The first-order valence-corrected chi connectivity index (χ1v) is 15.4. The number of hydrogen-bond acceptors (Lipinski definition) is 9. The standard InChI is InChI=1S/C32H30ClFN6O5/c1-32(23-6-5-20(33)14-24(23)34)43-26-4-2-3-22(28(26)44-32)18-7-10-39(11-8-18)17-27-36-25-13-19(29-37-31(41)45-38-29)15-35-30(25)40(27)16-21-9-12-42-21/h2-6,13-15,18,21H,7-12,16-17H2,1H3,(H,37,38,41)/t21-,32-/m0/s1. The number of fused-ring (bicyclic) bond motifs is 2. The summed E-state index contributed by atoms with van der Waals surface area (Å²) in [4.78, 5) is 26.1. The molecule has 11 nitrogen and oxygen atoms in total. The third kappa shape index (κ3) is 5.16. The van der Waals surface area contributed by atoms with E-state index in [4.69, 9.17) is 30.8 Å². The van der Waals surface area contributed by atoms with Crippen molar-refractivity contribution in [2.24, 2.45) is 0 Å². The highest BCUT2D eigenvalue weighted by Gasteiger charge is 2.43. The van der Waals surface area contributed by atoms with Crippen molar-refractivity contribution in [3.63, 3.8) is 0 Å². The van der Waals surface area contributed by atoms with Gasteiger partial charge in [-0.05, 0) is 68.6 Å². The fourth-order valence-corrected chi connectivity index (χ4v) is 6.68. The van der Waals surface area contributed by atoms with E-state index >= 15 is 0 Å². The molecule has 0 spiro atoms. The van der Waals surface area contributed by atoms with Crippen LogP contribution in [0.25, 0.3) is 22.6 Å². The maximum Gasteiger partial charge on any atom is 0.439 e. The van der Waals surface area contributed by atoms with Gasteiger partial charge in [0.05, 0.1) is 24.8 Å². The van der Waals surface area contributed by atoms with Crippen LogP contribution in [0.3, 0.4) is 0 Å². The van der Waals surface area contributed by atoms with Crippen molar-refractivity contribution >= 4 is 22.8 Å². The lowest BCUT2D eigenvalue weighted by Gasteiger charge is -2.33. The zero-order valence-electron chi connectivity index (χ0n) is 24.5. The molecule has 232 valence electrons. The van der Waals surface area contributed by atoms with E-state index in [1.165, 1.54) is 6.07 Å². The van der Waals surface area contributed by atoms with Crippen molar-refractivity contribution in [1.29, 1.82) is 0 Å². The summed E-state index contributed by atoms with van der Waals surface area (Å²) in [6, 6.07) is 12.3. The lowest BCUT2D eigenvalue weighted by molar-refractivity contribution is -0.0712. The number of halogens is 2. The summed E-state index contributed by atoms with van der Waals surface area (Å²) in [5.74, 6) is 0.394. The van der Waals surface area contributed by atoms with Crippen molar-refractivity contribution in [3.05, 3.63) is 87.0 Å². The lowest BCUT2D eigenvalue weighted by Crippen LogP contribution is -2.35. The smallest absolute Gasteiger partial charge is 0.439 e. The molecule has 1 N–H and O–H groups in total. The van der Waals surface area contributed by atoms with Crippen LogP contribution >= 0.6 is 11.6 Å². The summed E-state index contributed by atoms with van der Waals surface area (Å²) in [7, 11) is 0. The molecule has 0 saturated carbocycles. The molecule has 5 aromatic rings. The maximum atomic E-state index is 14.8. The third-order valence-electron chi connectivity index (χ3n) is 8.98. The van der Waals surface area contributed by atoms with Crippen molar-refractivity contribution in [1.82, 2.24) is 29.6 Å². The molecule has 0 radical (unpaired) electrons. The number of likely N-dealkylation sites (tertiary alicyclic amines) is 1. The Morgan fingerprint density at radius 1 is 1.13 bits per heavy atom. The molecule has 8 rings (SSSR count). The number of imidazole rings is 1. The molecule has 3 aromatic heterocycles. The highest BCUT2D eigenvalue weighted by atomic mass is 35.5. The number of nitrogens with zero attached hydrogens (tertiary/aromatic N) is 5. The van der Waals surface area contributed by atoms with Gasteiger partial charge < -0.3 is 18.8 Å². The van der Waals surface area contributed by atoms with E-state index in [1.54, 1.807) is 25.3 Å². The first kappa shape index (κ1) is 28.2. The Morgan fingerprint density at radius 3 is 2.71 bits per heavy atom. The molecule has 3 aliphatic heterocycles. The molecule has 3 aliphatic rings. The number of aromatic nitrogens is 5. The summed E-state index contributed by atoms with van der Waals surface area (Å²) in [6.45, 7) is 5.56. The Hall–Kier alpha value is -4.26. The molecule has 0 bridgehead atoms. The molecule has 0 amide bonds. The van der Waals surface area contributed by atoms with Crippen molar-refractivity contribution in [2.45, 2.75) is 57.1 Å². The molecule has 2 fully saturated rings. The van der Waals surface area contributed by atoms with Gasteiger partial charge >= 0.3 is 5.76 Å². The summed E-state index contributed by atoms with van der Waals surface area (Å²) >= 11 is 5.98. The fourth-order valence-electron chi connectivity index (χ4n) is 6.53. The van der Waals surface area contributed by atoms with Crippen LogP contribution in [0.4, 0.5) is 4.39 Å². The number of rotatable bonds is 7. The average Bonchev–Trinajstić information content (AvgIpc) is 3.69. The highest BCUT2D eigenvalue weighted by molar-refractivity contribution is 6.30. The molecule has 2 atom stereocenters. The number of ether oxygens (including phenoxy) is 3. The van der Waals surface area contributed by atoms with E-state index < -0.39 is 17.4 Å². The minimum atomic E-state index is -1.28. The van der Waals surface area contributed by atoms with Gasteiger partial charge in [0.1, 0.15) is 17.2 Å². The van der Waals surface area contributed by atoms with Crippen LogP contribution in [-0.4, -0.2) is 55.4 Å². The van der Waals surface area contributed by atoms with Crippen LogP contribution < -0.4 is 15.2 Å². The Balaban J connectivity index is 1.00. The van der Waals surface area contributed by atoms with E-state index in [9.17, 15) is 9.18 Å². The molecular weight excluding hydrogens is 603 g/mol. The Kier molecular flexibility index (Phi) is 6.88. The number of hydrogen-bond donors (Lipinski definition) is 1. The van der Waals surface area contributed by atoms with Crippen molar-refractivity contribution in [2.75, 3.05) is 19.7 Å². The Morgan fingerprint density at radius 2 is 1.98 bits per heavy atom. The van der Waals surface area contributed by atoms with Crippen molar-refractivity contribution < 1.29 is 23.1 Å². The minimum Gasteiger partial charge on any atom is -0.444 e. The van der Waals surface area contributed by atoms with Crippen LogP contribution in [0.1, 0.15) is 49.1 Å². The number of aromatic amines is 1. The lowest BCUT2D eigenvalue weighted by atomic mass is 9.88. The Bertz CT molecular complexity index is 1960. The van der Waals surface area contributed by atoms with Crippen LogP contribution in [0.2, 0.25) is 5.02 Å². The Labute approximate surface area is 261 Å². The van der Waals surface area contributed by atoms with Gasteiger partial charge in [-0.25, -0.2) is 19.2 Å². The van der Waals surface area contributed by atoms with E-state index in [2.05, 4.69) is 35.2 Å². The van der Waals surface area contributed by atoms with E-state index in [-0.39, 0.29) is 12.0 Å². The van der Waals surface area contributed by atoms with Gasteiger partial charge in [-0.15, -0.1) is 0 Å². The van der Waals surface area contributed by atoms with Gasteiger partial charge in [0.15, 0.2) is 23.0 Å². The molecule has 0 aliphatic carbocycles. The van der Waals surface area contributed by atoms with E-state index in [0.29, 0.717) is 46.6 Å². The van der Waals surface area contributed by atoms with Gasteiger partial charge in [-0.1, -0.05) is 28.9 Å². The largest absolute Gasteiger partial charge is 0.444 e. The third-order valence-corrected chi connectivity index (χ3v) is 9.22. The van der Waals surface area contributed by atoms with Crippen LogP contribution in [-0.2, 0) is 23.6 Å². The fraction of sp³-hybridized carbons (Fsp3) is 0.375. The summed E-state index contributed by atoms with van der Waals surface area (Å²) in [6.07, 6.45) is 4.63. The second-order valence-electron chi connectivity index (χ2n) is 11.9. The van der Waals surface area contributed by atoms with Gasteiger partial charge in [0.25, 0.3) is 5.79 Å². The number of H-pyrrole nitrogens is 1.